The number of rotatable bonds is 6. The number of aromatic nitrogens is 5. The Bertz CT molecular complexity index is 1580. The molecule has 5 aromatic rings. The molecule has 1 fully saturated rings. The van der Waals surface area contributed by atoms with Gasteiger partial charge in [0.2, 0.25) is 0 Å². The molecule has 6 rings (SSSR count). The van der Waals surface area contributed by atoms with Gasteiger partial charge in [-0.1, -0.05) is 18.2 Å². The molecule has 35 heavy (non-hydrogen) atoms. The molecular weight excluding hydrogens is 440 g/mol. The number of carbonyl (C=O) groups excluding carboxylic acids is 1. The van der Waals surface area contributed by atoms with Crippen molar-refractivity contribution in [3.05, 3.63) is 66.1 Å². The molecule has 0 N–H and O–H groups in total. The van der Waals surface area contributed by atoms with Gasteiger partial charge in [-0.15, -0.1) is 0 Å². The molecule has 0 aliphatic carbocycles. The van der Waals surface area contributed by atoms with Crippen molar-refractivity contribution in [2.24, 2.45) is 13.0 Å². The van der Waals surface area contributed by atoms with E-state index in [0.29, 0.717) is 17.2 Å². The van der Waals surface area contributed by atoms with Gasteiger partial charge in [0.1, 0.15) is 29.2 Å². The minimum atomic E-state index is 0.423. The third kappa shape index (κ3) is 3.53. The normalized spacial score (nSPS) is 14.0. The maximum absolute atomic E-state index is 11.6. The molecule has 3 aromatic heterocycles. The topological polar surface area (TPSA) is 78.1 Å². The number of nitrogens with zero attached hydrogens (tertiary/aromatic N) is 6. The summed E-state index contributed by atoms with van der Waals surface area (Å²) < 4.78 is 10.2. The van der Waals surface area contributed by atoms with Gasteiger partial charge in [0.05, 0.1) is 18.3 Å². The largest absolute Gasteiger partial charge is 0.494 e. The van der Waals surface area contributed by atoms with E-state index in [4.69, 9.17) is 9.72 Å². The highest BCUT2D eigenvalue weighted by Crippen LogP contribution is 2.36. The van der Waals surface area contributed by atoms with Crippen molar-refractivity contribution in [3.63, 3.8) is 0 Å². The number of carbonyl (C=O) groups is 1. The number of methoxy groups -OCH3 is 1. The number of fused-ring (bicyclic) bond motifs is 2. The summed E-state index contributed by atoms with van der Waals surface area (Å²) in [7, 11) is 3.71. The fourth-order valence-electron chi connectivity index (χ4n) is 5.10. The molecule has 0 amide bonds. The van der Waals surface area contributed by atoms with Crippen molar-refractivity contribution < 1.29 is 9.53 Å². The van der Waals surface area contributed by atoms with Gasteiger partial charge in [0.25, 0.3) is 0 Å². The second kappa shape index (κ2) is 8.23. The van der Waals surface area contributed by atoms with Gasteiger partial charge in [-0.3, -0.25) is 4.79 Å². The van der Waals surface area contributed by atoms with Crippen molar-refractivity contribution in [3.8, 4) is 17.3 Å². The first kappa shape index (κ1) is 21.3. The van der Waals surface area contributed by atoms with Gasteiger partial charge in [-0.25, -0.2) is 15.0 Å². The highest BCUT2D eigenvalue weighted by Gasteiger charge is 2.31. The lowest BCUT2D eigenvalue weighted by Gasteiger charge is -2.40. The Hall–Kier alpha value is -4.20. The van der Waals surface area contributed by atoms with Crippen molar-refractivity contribution in [1.29, 1.82) is 0 Å². The molecule has 0 unspecified atom stereocenters. The van der Waals surface area contributed by atoms with Gasteiger partial charge < -0.3 is 18.8 Å². The Morgan fingerprint density at radius 1 is 1.11 bits per heavy atom. The SMILES string of the molecule is COc1cc(C=O)cc2nc(-c3cc4ccccc4n3C)n(CC3CN(c4ccnc(C)n4)C3)c12. The number of hydrogen-bond acceptors (Lipinski definition) is 6. The predicted octanol–water partition coefficient (Wildman–Crippen LogP) is 4.25. The zero-order valence-electron chi connectivity index (χ0n) is 20.0. The molecule has 8 nitrogen and oxygen atoms in total. The zero-order valence-corrected chi connectivity index (χ0v) is 20.0. The number of imidazole rings is 1. The van der Waals surface area contributed by atoms with E-state index >= 15 is 0 Å². The number of hydrogen-bond donors (Lipinski definition) is 0. The van der Waals surface area contributed by atoms with Crippen LogP contribution in [0.25, 0.3) is 33.5 Å². The van der Waals surface area contributed by atoms with Gasteiger partial charge in [0, 0.05) is 55.3 Å². The van der Waals surface area contributed by atoms with Crippen LogP contribution in [0.1, 0.15) is 16.2 Å². The Morgan fingerprint density at radius 3 is 2.69 bits per heavy atom. The van der Waals surface area contributed by atoms with Crippen molar-refractivity contribution in [1.82, 2.24) is 24.1 Å². The third-order valence-corrected chi connectivity index (χ3v) is 6.85. The number of para-hydroxylation sites is 1. The molecule has 1 saturated heterocycles. The molecule has 1 aliphatic rings. The van der Waals surface area contributed by atoms with Crippen LogP contribution in [0.3, 0.4) is 0 Å². The average Bonchev–Trinajstić information content (AvgIpc) is 3.37. The van der Waals surface area contributed by atoms with Crippen LogP contribution in [0, 0.1) is 12.8 Å². The van der Waals surface area contributed by atoms with Crippen LogP contribution in [0.15, 0.2) is 54.7 Å². The zero-order chi connectivity index (χ0) is 24.1. The summed E-state index contributed by atoms with van der Waals surface area (Å²) in [6, 6.07) is 16.1. The van der Waals surface area contributed by atoms with Crippen LogP contribution in [-0.4, -0.2) is 50.6 Å². The Kier molecular flexibility index (Phi) is 5.02. The number of ether oxygens (including phenoxy) is 1. The number of benzene rings is 2. The van der Waals surface area contributed by atoms with E-state index in [2.05, 4.69) is 49.2 Å². The fourth-order valence-corrected chi connectivity index (χ4v) is 5.10. The third-order valence-electron chi connectivity index (χ3n) is 6.85. The van der Waals surface area contributed by atoms with Crippen molar-refractivity contribution in [2.45, 2.75) is 13.5 Å². The molecule has 4 heterocycles. The monoisotopic (exact) mass is 466 g/mol. The lowest BCUT2D eigenvalue weighted by molar-refractivity contribution is 0.112. The number of anilines is 1. The van der Waals surface area contributed by atoms with Gasteiger partial charge >= 0.3 is 0 Å². The maximum atomic E-state index is 11.6. The quantitative estimate of drug-likeness (QED) is 0.348. The second-order valence-electron chi connectivity index (χ2n) is 9.14. The van der Waals surface area contributed by atoms with E-state index in [-0.39, 0.29) is 0 Å². The summed E-state index contributed by atoms with van der Waals surface area (Å²) >= 11 is 0. The van der Waals surface area contributed by atoms with Gasteiger partial charge in [-0.05, 0) is 37.3 Å². The molecule has 0 atom stereocenters. The van der Waals surface area contributed by atoms with E-state index in [1.165, 1.54) is 0 Å². The molecule has 2 aromatic carbocycles. The van der Waals surface area contributed by atoms with Gasteiger partial charge in [-0.2, -0.15) is 0 Å². The van der Waals surface area contributed by atoms with Crippen LogP contribution in [0.5, 0.6) is 5.75 Å². The Morgan fingerprint density at radius 2 is 1.94 bits per heavy atom. The summed E-state index contributed by atoms with van der Waals surface area (Å²) in [5.41, 5.74) is 4.40. The van der Waals surface area contributed by atoms with E-state index in [0.717, 1.165) is 71.0 Å². The van der Waals surface area contributed by atoms with E-state index in [1.807, 2.05) is 37.4 Å². The van der Waals surface area contributed by atoms with E-state index < -0.39 is 0 Å². The smallest absolute Gasteiger partial charge is 0.157 e. The van der Waals surface area contributed by atoms with Crippen LogP contribution in [-0.2, 0) is 13.6 Å². The van der Waals surface area contributed by atoms with Crippen LogP contribution >= 0.6 is 0 Å². The molecule has 8 heteroatoms. The predicted molar refractivity (Wildman–Crippen MR) is 136 cm³/mol. The number of aryl methyl sites for hydroxylation is 2. The minimum Gasteiger partial charge on any atom is -0.494 e. The summed E-state index contributed by atoms with van der Waals surface area (Å²) in [6.07, 6.45) is 2.65. The molecule has 0 saturated carbocycles. The summed E-state index contributed by atoms with van der Waals surface area (Å²) in [4.78, 5) is 27.6. The summed E-state index contributed by atoms with van der Waals surface area (Å²) in [6.45, 7) is 4.50. The highest BCUT2D eigenvalue weighted by molar-refractivity contribution is 5.93. The van der Waals surface area contributed by atoms with E-state index in [1.54, 1.807) is 13.2 Å². The highest BCUT2D eigenvalue weighted by atomic mass is 16.5. The average molecular weight is 467 g/mol. The first-order valence-electron chi connectivity index (χ1n) is 11.7. The van der Waals surface area contributed by atoms with Crippen LogP contribution < -0.4 is 9.64 Å². The van der Waals surface area contributed by atoms with Crippen LogP contribution in [0.4, 0.5) is 5.82 Å². The maximum Gasteiger partial charge on any atom is 0.157 e. The lowest BCUT2D eigenvalue weighted by atomic mass is 10.00. The van der Waals surface area contributed by atoms with Crippen LogP contribution in [0.2, 0.25) is 0 Å². The van der Waals surface area contributed by atoms with Crippen molar-refractivity contribution in [2.75, 3.05) is 25.1 Å². The lowest BCUT2D eigenvalue weighted by Crippen LogP contribution is -2.49. The fraction of sp³-hybridized carbons (Fsp3) is 0.259. The van der Waals surface area contributed by atoms with E-state index in [9.17, 15) is 4.79 Å². The number of aldehydes is 1. The molecular formula is C27H26N6O2. The first-order valence-corrected chi connectivity index (χ1v) is 11.7. The molecule has 0 radical (unpaired) electrons. The molecule has 176 valence electrons. The Balaban J connectivity index is 1.44. The molecule has 0 spiro atoms. The standard InChI is InChI=1S/C27H26N6O2/c1-17-28-9-8-25(29-17)32-13-19(14-32)15-33-26-21(10-18(16-34)11-24(26)35-3)30-27(33)23-12-20-6-4-5-7-22(20)31(23)2/h4-12,16,19H,13-15H2,1-3H3. The second-order valence-corrected chi connectivity index (χ2v) is 9.14. The molecule has 0 bridgehead atoms. The Labute approximate surface area is 202 Å². The summed E-state index contributed by atoms with van der Waals surface area (Å²) in [5.74, 6) is 3.69. The minimum absolute atomic E-state index is 0.423. The first-order chi connectivity index (χ1) is 17.1. The molecule has 1 aliphatic heterocycles. The summed E-state index contributed by atoms with van der Waals surface area (Å²) in [5, 5.41) is 1.16. The van der Waals surface area contributed by atoms with Crippen molar-refractivity contribution >= 4 is 34.0 Å². The van der Waals surface area contributed by atoms with Gasteiger partial charge in [0.15, 0.2) is 5.82 Å².